The molecule has 0 bridgehead atoms. The minimum Gasteiger partial charge on any atom is -0.393 e. The Balaban J connectivity index is 2.41. The molecule has 0 aromatic rings. The van der Waals surface area contributed by atoms with Crippen molar-refractivity contribution in [1.29, 1.82) is 0 Å². The SMILES string of the molecule is C[C@@H]1[C@H](C)CCC[C@H]1O. The minimum atomic E-state index is -0.0197. The van der Waals surface area contributed by atoms with E-state index >= 15 is 0 Å². The van der Waals surface area contributed by atoms with Crippen LogP contribution < -0.4 is 0 Å². The number of rotatable bonds is 0. The molecule has 1 aliphatic carbocycles. The average molecular weight is 128 g/mol. The molecule has 0 heterocycles. The maximum Gasteiger partial charge on any atom is 0.0568 e. The molecule has 3 atom stereocenters. The largest absolute Gasteiger partial charge is 0.393 e. The van der Waals surface area contributed by atoms with Crippen molar-refractivity contribution in [3.63, 3.8) is 0 Å². The van der Waals surface area contributed by atoms with Crippen LogP contribution in [0.5, 0.6) is 0 Å². The van der Waals surface area contributed by atoms with Gasteiger partial charge in [0, 0.05) is 0 Å². The molecule has 0 aromatic carbocycles. The number of hydrogen-bond acceptors (Lipinski definition) is 1. The lowest BCUT2D eigenvalue weighted by atomic mass is 9.80. The van der Waals surface area contributed by atoms with Gasteiger partial charge in [0.05, 0.1) is 6.10 Å². The summed E-state index contributed by atoms with van der Waals surface area (Å²) in [4.78, 5) is 0. The normalized spacial score (nSPS) is 45.0. The fraction of sp³-hybridized carbons (Fsp3) is 1.00. The Bertz CT molecular complexity index is 80.6. The molecule has 1 saturated carbocycles. The molecule has 0 aliphatic heterocycles. The van der Waals surface area contributed by atoms with E-state index in [1.165, 1.54) is 12.8 Å². The number of aliphatic hydroxyl groups excluding tert-OH is 1. The van der Waals surface area contributed by atoms with E-state index in [-0.39, 0.29) is 6.10 Å². The molecular formula is C8H16O. The van der Waals surface area contributed by atoms with Crippen LogP contribution in [0.25, 0.3) is 0 Å². The maximum atomic E-state index is 9.35. The van der Waals surface area contributed by atoms with Gasteiger partial charge in [-0.05, 0) is 18.3 Å². The Morgan fingerprint density at radius 2 is 1.89 bits per heavy atom. The summed E-state index contributed by atoms with van der Waals surface area (Å²) in [5.41, 5.74) is 0. The van der Waals surface area contributed by atoms with E-state index in [9.17, 15) is 5.11 Å². The summed E-state index contributed by atoms with van der Waals surface area (Å²) in [5, 5.41) is 9.35. The molecule has 0 radical (unpaired) electrons. The topological polar surface area (TPSA) is 20.2 Å². The first kappa shape index (κ1) is 7.07. The van der Waals surface area contributed by atoms with Crippen LogP contribution in [0.4, 0.5) is 0 Å². The van der Waals surface area contributed by atoms with Crippen molar-refractivity contribution in [2.45, 2.75) is 39.2 Å². The molecule has 1 N–H and O–H groups in total. The summed E-state index contributed by atoms with van der Waals surface area (Å²) in [6, 6.07) is 0. The molecule has 1 heteroatoms. The van der Waals surface area contributed by atoms with E-state index < -0.39 is 0 Å². The van der Waals surface area contributed by atoms with Crippen molar-refractivity contribution >= 4 is 0 Å². The molecule has 9 heavy (non-hydrogen) atoms. The second-order valence-corrected chi connectivity index (χ2v) is 3.33. The smallest absolute Gasteiger partial charge is 0.0568 e. The lowest BCUT2D eigenvalue weighted by Crippen LogP contribution is -2.28. The molecule has 0 spiro atoms. The van der Waals surface area contributed by atoms with Gasteiger partial charge in [-0.2, -0.15) is 0 Å². The molecular weight excluding hydrogens is 112 g/mol. The summed E-state index contributed by atoms with van der Waals surface area (Å²) >= 11 is 0. The number of aliphatic hydroxyl groups is 1. The first-order valence-electron chi connectivity index (χ1n) is 3.90. The standard InChI is InChI=1S/C8H16O/c1-6-4-3-5-8(9)7(6)2/h6-9H,3-5H2,1-2H3/t6-,7-,8-/m1/s1. The van der Waals surface area contributed by atoms with Crippen molar-refractivity contribution in [2.75, 3.05) is 0 Å². The van der Waals surface area contributed by atoms with E-state index in [4.69, 9.17) is 0 Å². The highest BCUT2D eigenvalue weighted by Gasteiger charge is 2.24. The van der Waals surface area contributed by atoms with Gasteiger partial charge in [0.25, 0.3) is 0 Å². The highest BCUT2D eigenvalue weighted by Crippen LogP contribution is 2.28. The van der Waals surface area contributed by atoms with E-state index in [0.29, 0.717) is 5.92 Å². The van der Waals surface area contributed by atoms with Crippen LogP contribution in [-0.4, -0.2) is 11.2 Å². The van der Waals surface area contributed by atoms with Gasteiger partial charge >= 0.3 is 0 Å². The Morgan fingerprint density at radius 1 is 1.22 bits per heavy atom. The Labute approximate surface area is 57.1 Å². The average Bonchev–Trinajstić information content (AvgIpc) is 1.83. The summed E-state index contributed by atoms with van der Waals surface area (Å²) < 4.78 is 0. The van der Waals surface area contributed by atoms with Crippen LogP contribution in [0, 0.1) is 11.8 Å². The second-order valence-electron chi connectivity index (χ2n) is 3.33. The van der Waals surface area contributed by atoms with Crippen LogP contribution >= 0.6 is 0 Å². The Kier molecular flexibility index (Phi) is 2.12. The second kappa shape index (κ2) is 2.70. The van der Waals surface area contributed by atoms with Gasteiger partial charge in [-0.1, -0.05) is 26.7 Å². The quantitative estimate of drug-likeness (QED) is 0.527. The van der Waals surface area contributed by atoms with Crippen molar-refractivity contribution in [3.05, 3.63) is 0 Å². The minimum absolute atomic E-state index is 0.0197. The molecule has 1 aliphatic rings. The lowest BCUT2D eigenvalue weighted by Gasteiger charge is -2.30. The number of hydrogen-bond donors (Lipinski definition) is 1. The van der Waals surface area contributed by atoms with Crippen molar-refractivity contribution in [3.8, 4) is 0 Å². The maximum absolute atomic E-state index is 9.35. The summed E-state index contributed by atoms with van der Waals surface area (Å²) in [6.07, 6.45) is 3.52. The lowest BCUT2D eigenvalue weighted by molar-refractivity contribution is 0.0486. The van der Waals surface area contributed by atoms with Gasteiger partial charge in [0.15, 0.2) is 0 Å². The first-order chi connectivity index (χ1) is 4.22. The Morgan fingerprint density at radius 3 is 2.33 bits per heavy atom. The van der Waals surface area contributed by atoms with Crippen LogP contribution in [0.15, 0.2) is 0 Å². The monoisotopic (exact) mass is 128 g/mol. The molecule has 1 rings (SSSR count). The van der Waals surface area contributed by atoms with Gasteiger partial charge < -0.3 is 5.11 Å². The third-order valence-corrected chi connectivity index (χ3v) is 2.66. The fourth-order valence-electron chi connectivity index (χ4n) is 1.55. The summed E-state index contributed by atoms with van der Waals surface area (Å²) in [6.45, 7) is 4.38. The van der Waals surface area contributed by atoms with Crippen LogP contribution in [0.1, 0.15) is 33.1 Å². The Hall–Kier alpha value is -0.0400. The van der Waals surface area contributed by atoms with Crippen LogP contribution in [-0.2, 0) is 0 Å². The van der Waals surface area contributed by atoms with Gasteiger partial charge in [-0.25, -0.2) is 0 Å². The molecule has 1 nitrogen and oxygen atoms in total. The van der Waals surface area contributed by atoms with Crippen molar-refractivity contribution in [1.82, 2.24) is 0 Å². The zero-order valence-corrected chi connectivity index (χ0v) is 6.30. The van der Waals surface area contributed by atoms with Gasteiger partial charge in [0.1, 0.15) is 0 Å². The first-order valence-corrected chi connectivity index (χ1v) is 3.90. The van der Waals surface area contributed by atoms with Gasteiger partial charge in [-0.3, -0.25) is 0 Å². The molecule has 0 unspecified atom stereocenters. The van der Waals surface area contributed by atoms with Crippen LogP contribution in [0.3, 0.4) is 0 Å². The molecule has 1 fully saturated rings. The summed E-state index contributed by atoms with van der Waals surface area (Å²) in [7, 11) is 0. The van der Waals surface area contributed by atoms with Gasteiger partial charge in [-0.15, -0.1) is 0 Å². The highest BCUT2D eigenvalue weighted by atomic mass is 16.3. The molecule has 0 amide bonds. The summed E-state index contributed by atoms with van der Waals surface area (Å²) in [5.74, 6) is 1.26. The third kappa shape index (κ3) is 1.45. The van der Waals surface area contributed by atoms with Gasteiger partial charge in [0.2, 0.25) is 0 Å². The van der Waals surface area contributed by atoms with Crippen molar-refractivity contribution in [2.24, 2.45) is 11.8 Å². The predicted molar refractivity (Wildman–Crippen MR) is 38.2 cm³/mol. The fourth-order valence-corrected chi connectivity index (χ4v) is 1.55. The third-order valence-electron chi connectivity index (χ3n) is 2.66. The van der Waals surface area contributed by atoms with Crippen LogP contribution in [0.2, 0.25) is 0 Å². The zero-order valence-electron chi connectivity index (χ0n) is 6.30. The predicted octanol–water partition coefficient (Wildman–Crippen LogP) is 1.80. The van der Waals surface area contributed by atoms with E-state index in [0.717, 1.165) is 12.3 Å². The van der Waals surface area contributed by atoms with Crippen molar-refractivity contribution < 1.29 is 5.11 Å². The molecule has 0 saturated heterocycles. The molecule has 0 aromatic heterocycles. The molecule has 54 valence electrons. The zero-order chi connectivity index (χ0) is 6.85. The van der Waals surface area contributed by atoms with E-state index in [1.807, 2.05) is 0 Å². The highest BCUT2D eigenvalue weighted by molar-refractivity contribution is 4.75. The van der Waals surface area contributed by atoms with E-state index in [2.05, 4.69) is 13.8 Å². The van der Waals surface area contributed by atoms with E-state index in [1.54, 1.807) is 0 Å².